The zero-order chi connectivity index (χ0) is 20.1. The lowest BCUT2D eigenvalue weighted by molar-refractivity contribution is -0.113. The van der Waals surface area contributed by atoms with Gasteiger partial charge in [0.2, 0.25) is 0 Å². The lowest BCUT2D eigenvalue weighted by atomic mass is 10.0. The summed E-state index contributed by atoms with van der Waals surface area (Å²) in [5.74, 6) is -0.194. The van der Waals surface area contributed by atoms with Gasteiger partial charge in [-0.1, -0.05) is 25.5 Å². The summed E-state index contributed by atoms with van der Waals surface area (Å²) in [4.78, 5) is 13.7. The van der Waals surface area contributed by atoms with Crippen molar-refractivity contribution in [3.05, 3.63) is 52.8 Å². The molecular weight excluding hydrogens is 324 g/mol. The Morgan fingerprint density at radius 1 is 1.38 bits per heavy atom. The van der Waals surface area contributed by atoms with Crippen LogP contribution in [0.1, 0.15) is 44.7 Å². The average molecular weight is 352 g/mol. The normalized spacial score (nSPS) is 11.1. The highest BCUT2D eigenvalue weighted by molar-refractivity contribution is 5.96. The van der Waals surface area contributed by atoms with Gasteiger partial charge in [0.05, 0.1) is 16.8 Å². The predicted molar refractivity (Wildman–Crippen MR) is 108 cm³/mol. The lowest BCUT2D eigenvalue weighted by Crippen LogP contribution is -2.19. The van der Waals surface area contributed by atoms with E-state index in [1.54, 1.807) is 13.0 Å². The molecule has 0 atom stereocenters. The molecule has 4 heteroatoms. The van der Waals surface area contributed by atoms with Crippen molar-refractivity contribution in [2.75, 3.05) is 18.5 Å². The van der Waals surface area contributed by atoms with Crippen LogP contribution in [0.25, 0.3) is 0 Å². The van der Waals surface area contributed by atoms with Gasteiger partial charge >= 0.3 is 0 Å². The summed E-state index contributed by atoms with van der Waals surface area (Å²) in [5, 5.41) is 19.2. The molecule has 0 unspecified atom stereocenters. The van der Waals surface area contributed by atoms with Crippen molar-refractivity contribution in [2.45, 2.75) is 40.0 Å². The molecular formula is C22H28N2O2. The number of hydrogen-bond acceptors (Lipinski definition) is 4. The zero-order valence-electron chi connectivity index (χ0n) is 16.1. The number of ketones is 1. The Bertz CT molecular complexity index is 721. The van der Waals surface area contributed by atoms with Gasteiger partial charge in [0, 0.05) is 13.6 Å². The number of rotatable bonds is 8. The Morgan fingerprint density at radius 2 is 2.04 bits per heavy atom. The van der Waals surface area contributed by atoms with E-state index in [4.69, 9.17) is 0 Å². The van der Waals surface area contributed by atoms with Crippen molar-refractivity contribution >= 4 is 11.5 Å². The van der Waals surface area contributed by atoms with Gasteiger partial charge < -0.3 is 10.0 Å². The predicted octanol–water partition coefficient (Wildman–Crippen LogP) is 4.56. The minimum Gasteiger partial charge on any atom is -0.508 e. The standard InChI is InChI=1S/C20H26N2O2.C2H2/c1-5-7-12-22(4)19-11-9-16(13-17(19)14-21)8-10-18(15(3)23)20(24)6-2;1-2/h6,9-11,13,24H,5,7-8,12H2,1-4H3;1-2H/b18-10-,20-6+;. The fourth-order valence-corrected chi connectivity index (χ4v) is 2.45. The quantitative estimate of drug-likeness (QED) is 0.322. The Labute approximate surface area is 157 Å². The molecule has 0 bridgehead atoms. The number of anilines is 1. The molecule has 1 rings (SSSR count). The SMILES string of the molecule is C#C.C/C=C(O)\C(=C/Cc1ccc(N(C)CCCC)c(C#N)c1)C(C)=O. The second-order valence-corrected chi connectivity index (χ2v) is 5.79. The number of aliphatic hydroxyl groups excluding tert-OH is 1. The molecule has 1 aromatic rings. The van der Waals surface area contributed by atoms with E-state index in [2.05, 4.69) is 30.7 Å². The number of terminal acetylenes is 1. The molecule has 0 aliphatic rings. The van der Waals surface area contributed by atoms with Crippen molar-refractivity contribution in [1.82, 2.24) is 0 Å². The summed E-state index contributed by atoms with van der Waals surface area (Å²) in [7, 11) is 1.99. The summed E-state index contributed by atoms with van der Waals surface area (Å²) in [6.07, 6.45) is 13.9. The Balaban J connectivity index is 0.00000301. The van der Waals surface area contributed by atoms with Crippen LogP contribution < -0.4 is 4.90 Å². The smallest absolute Gasteiger partial charge is 0.163 e. The first-order chi connectivity index (χ1) is 12.4. The molecule has 1 N–H and O–H groups in total. The average Bonchev–Trinajstić information content (AvgIpc) is 2.66. The monoisotopic (exact) mass is 352 g/mol. The van der Waals surface area contributed by atoms with E-state index in [-0.39, 0.29) is 11.5 Å². The van der Waals surface area contributed by atoms with Crippen LogP contribution in [0.5, 0.6) is 0 Å². The first-order valence-electron chi connectivity index (χ1n) is 8.58. The van der Waals surface area contributed by atoms with E-state index >= 15 is 0 Å². The van der Waals surface area contributed by atoms with Crippen molar-refractivity contribution in [3.63, 3.8) is 0 Å². The van der Waals surface area contributed by atoms with Crippen LogP contribution in [-0.4, -0.2) is 24.5 Å². The first-order valence-corrected chi connectivity index (χ1v) is 8.58. The van der Waals surface area contributed by atoms with Crippen LogP contribution in [0.15, 0.2) is 41.7 Å². The van der Waals surface area contributed by atoms with E-state index in [1.165, 1.54) is 13.0 Å². The highest BCUT2D eigenvalue weighted by Crippen LogP contribution is 2.22. The Morgan fingerprint density at radius 3 is 2.54 bits per heavy atom. The fraction of sp³-hybridized carbons (Fsp3) is 0.364. The minimum absolute atomic E-state index is 0.0149. The molecule has 0 fully saturated rings. The lowest BCUT2D eigenvalue weighted by Gasteiger charge is -2.20. The molecule has 0 aromatic heterocycles. The molecule has 0 saturated carbocycles. The van der Waals surface area contributed by atoms with Crippen LogP contribution in [0.3, 0.4) is 0 Å². The molecule has 1 aromatic carbocycles. The highest BCUT2D eigenvalue weighted by Gasteiger charge is 2.10. The van der Waals surface area contributed by atoms with E-state index in [0.29, 0.717) is 17.6 Å². The zero-order valence-corrected chi connectivity index (χ0v) is 16.1. The third-order valence-corrected chi connectivity index (χ3v) is 3.91. The molecule has 4 nitrogen and oxygen atoms in total. The second kappa shape index (κ2) is 12.4. The second-order valence-electron chi connectivity index (χ2n) is 5.79. The Kier molecular flexibility index (Phi) is 11.0. The van der Waals surface area contributed by atoms with E-state index < -0.39 is 0 Å². The van der Waals surface area contributed by atoms with Gasteiger partial charge in [0.1, 0.15) is 11.8 Å². The van der Waals surface area contributed by atoms with Crippen LogP contribution in [0, 0.1) is 24.2 Å². The van der Waals surface area contributed by atoms with E-state index in [1.807, 2.05) is 25.2 Å². The molecule has 0 radical (unpaired) electrons. The highest BCUT2D eigenvalue weighted by atomic mass is 16.3. The van der Waals surface area contributed by atoms with E-state index in [9.17, 15) is 15.2 Å². The summed E-state index contributed by atoms with van der Waals surface area (Å²) in [5.41, 5.74) is 2.78. The number of nitriles is 1. The van der Waals surface area contributed by atoms with Crippen LogP contribution >= 0.6 is 0 Å². The van der Waals surface area contributed by atoms with Gasteiger partial charge in [-0.25, -0.2) is 0 Å². The summed E-state index contributed by atoms with van der Waals surface area (Å²) in [6.45, 7) is 6.16. The molecule has 0 aliphatic carbocycles. The number of hydrogen-bond donors (Lipinski definition) is 1. The summed E-state index contributed by atoms with van der Waals surface area (Å²) < 4.78 is 0. The summed E-state index contributed by atoms with van der Waals surface area (Å²) >= 11 is 0. The number of unbranched alkanes of at least 4 members (excludes halogenated alkanes) is 1. The molecule has 26 heavy (non-hydrogen) atoms. The Hall–Kier alpha value is -2.98. The molecule has 0 amide bonds. The largest absolute Gasteiger partial charge is 0.508 e. The maximum atomic E-state index is 11.6. The number of allylic oxidation sites excluding steroid dienone is 3. The number of benzene rings is 1. The number of nitrogens with zero attached hydrogens (tertiary/aromatic N) is 2. The molecule has 0 aliphatic heterocycles. The van der Waals surface area contributed by atoms with Crippen molar-refractivity contribution < 1.29 is 9.90 Å². The van der Waals surface area contributed by atoms with Gasteiger partial charge in [0.25, 0.3) is 0 Å². The first kappa shape index (κ1) is 23.0. The number of aliphatic hydroxyl groups is 1. The van der Waals surface area contributed by atoms with Crippen molar-refractivity contribution in [2.24, 2.45) is 0 Å². The maximum Gasteiger partial charge on any atom is 0.163 e. The third-order valence-electron chi connectivity index (χ3n) is 3.91. The van der Waals surface area contributed by atoms with Crippen LogP contribution in [-0.2, 0) is 11.2 Å². The van der Waals surface area contributed by atoms with Crippen LogP contribution in [0.4, 0.5) is 5.69 Å². The number of carbonyl (C=O) groups excluding carboxylic acids is 1. The third kappa shape index (κ3) is 6.87. The van der Waals surface area contributed by atoms with Crippen molar-refractivity contribution in [3.8, 4) is 18.9 Å². The summed E-state index contributed by atoms with van der Waals surface area (Å²) in [6, 6.07) is 8.00. The molecule has 0 heterocycles. The van der Waals surface area contributed by atoms with Gasteiger partial charge in [-0.3, -0.25) is 4.79 Å². The molecule has 0 saturated heterocycles. The number of Topliss-reactive ketones (excluding diaryl/α,β-unsaturated/α-hetero) is 1. The molecule has 0 spiro atoms. The van der Waals surface area contributed by atoms with Gasteiger partial charge in [-0.05, 0) is 50.5 Å². The minimum atomic E-state index is -0.179. The maximum absolute atomic E-state index is 11.6. The van der Waals surface area contributed by atoms with E-state index in [0.717, 1.165) is 30.6 Å². The fourth-order valence-electron chi connectivity index (χ4n) is 2.45. The molecule has 138 valence electrons. The number of carbonyl (C=O) groups is 1. The van der Waals surface area contributed by atoms with Crippen LogP contribution in [0.2, 0.25) is 0 Å². The topological polar surface area (TPSA) is 64.3 Å². The van der Waals surface area contributed by atoms with Crippen molar-refractivity contribution in [1.29, 1.82) is 5.26 Å². The van der Waals surface area contributed by atoms with Gasteiger partial charge in [0.15, 0.2) is 5.78 Å². The van der Waals surface area contributed by atoms with Gasteiger partial charge in [-0.2, -0.15) is 5.26 Å². The van der Waals surface area contributed by atoms with Gasteiger partial charge in [-0.15, -0.1) is 12.8 Å².